The highest BCUT2D eigenvalue weighted by molar-refractivity contribution is 7.17. The Labute approximate surface area is 120 Å². The molecule has 0 saturated carbocycles. The molecule has 1 saturated heterocycles. The Morgan fingerprint density at radius 2 is 2.11 bits per heavy atom. The van der Waals surface area contributed by atoms with Gasteiger partial charge in [-0.25, -0.2) is 0 Å². The third kappa shape index (κ3) is 2.62. The summed E-state index contributed by atoms with van der Waals surface area (Å²) < 4.78 is 0.308. The molecule has 1 fully saturated rings. The number of amides is 1. The van der Waals surface area contributed by atoms with Crippen molar-refractivity contribution in [1.29, 1.82) is 0 Å². The lowest BCUT2D eigenvalue weighted by Gasteiger charge is -2.14. The van der Waals surface area contributed by atoms with E-state index in [9.17, 15) is 4.79 Å². The monoisotopic (exact) mass is 293 g/mol. The van der Waals surface area contributed by atoms with E-state index in [4.69, 9.17) is 11.6 Å². The van der Waals surface area contributed by atoms with Crippen LogP contribution >= 0.6 is 22.9 Å². The molecule has 98 valence electrons. The van der Waals surface area contributed by atoms with Crippen LogP contribution in [0.4, 0.5) is 0 Å². The minimum atomic E-state index is -0.0668. The number of nitrogens with zero attached hydrogens (tertiary/aromatic N) is 3. The summed E-state index contributed by atoms with van der Waals surface area (Å²) in [6.45, 7) is 1.50. The molecule has 1 aliphatic heterocycles. The van der Waals surface area contributed by atoms with Crippen molar-refractivity contribution in [3.05, 3.63) is 45.4 Å². The van der Waals surface area contributed by atoms with Gasteiger partial charge in [-0.1, -0.05) is 41.7 Å². The molecule has 1 atom stereocenters. The zero-order valence-corrected chi connectivity index (χ0v) is 11.7. The lowest BCUT2D eigenvalue weighted by Crippen LogP contribution is -2.28. The van der Waals surface area contributed by atoms with Crippen LogP contribution in [-0.4, -0.2) is 34.1 Å². The molecule has 19 heavy (non-hydrogen) atoms. The van der Waals surface area contributed by atoms with Gasteiger partial charge >= 0.3 is 0 Å². The molecule has 6 heteroatoms. The van der Waals surface area contributed by atoms with Crippen LogP contribution in [0.3, 0.4) is 0 Å². The molecule has 4 nitrogen and oxygen atoms in total. The minimum Gasteiger partial charge on any atom is -0.336 e. The van der Waals surface area contributed by atoms with Crippen molar-refractivity contribution < 1.29 is 4.79 Å². The predicted octanol–water partition coefficient (Wildman–Crippen LogP) is 2.82. The Hall–Kier alpha value is -1.46. The van der Waals surface area contributed by atoms with Crippen molar-refractivity contribution in [3.8, 4) is 0 Å². The quantitative estimate of drug-likeness (QED) is 0.855. The largest absolute Gasteiger partial charge is 0.336 e. The summed E-state index contributed by atoms with van der Waals surface area (Å²) in [5.74, 6) is 0.344. The number of hydrogen-bond acceptors (Lipinski definition) is 4. The predicted molar refractivity (Wildman–Crippen MR) is 74.6 cm³/mol. The zero-order chi connectivity index (χ0) is 13.2. The Bertz CT molecular complexity index is 587. The first-order valence-corrected chi connectivity index (χ1v) is 7.26. The van der Waals surface area contributed by atoms with E-state index in [1.165, 1.54) is 5.56 Å². The number of rotatable bonds is 2. The second kappa shape index (κ2) is 5.27. The average molecular weight is 294 g/mol. The summed E-state index contributed by atoms with van der Waals surface area (Å²) in [5, 5.41) is 7.85. The van der Waals surface area contributed by atoms with E-state index in [1.54, 1.807) is 0 Å². The van der Waals surface area contributed by atoms with Crippen LogP contribution in [0.25, 0.3) is 0 Å². The lowest BCUT2D eigenvalue weighted by molar-refractivity contribution is 0.0789. The van der Waals surface area contributed by atoms with Gasteiger partial charge in [0.05, 0.1) is 0 Å². The molecular formula is C13H12ClN3OS. The van der Waals surface area contributed by atoms with Crippen molar-refractivity contribution in [2.45, 2.75) is 12.3 Å². The topological polar surface area (TPSA) is 46.1 Å². The van der Waals surface area contributed by atoms with Crippen molar-refractivity contribution in [1.82, 2.24) is 15.1 Å². The van der Waals surface area contributed by atoms with Crippen molar-refractivity contribution >= 4 is 28.8 Å². The average Bonchev–Trinajstić information content (AvgIpc) is 3.08. The normalized spacial score (nSPS) is 18.8. The van der Waals surface area contributed by atoms with E-state index in [2.05, 4.69) is 22.3 Å². The Balaban J connectivity index is 1.71. The number of hydrogen-bond donors (Lipinski definition) is 0. The third-order valence-corrected chi connectivity index (χ3v) is 4.34. The Morgan fingerprint density at radius 1 is 1.32 bits per heavy atom. The van der Waals surface area contributed by atoms with E-state index < -0.39 is 0 Å². The molecule has 1 aromatic heterocycles. The highest BCUT2D eigenvalue weighted by Crippen LogP contribution is 2.28. The van der Waals surface area contributed by atoms with Gasteiger partial charge in [-0.3, -0.25) is 4.79 Å². The SMILES string of the molecule is O=C(c1nnc(Cl)s1)N1CCC(c2ccccc2)C1. The molecule has 0 radical (unpaired) electrons. The van der Waals surface area contributed by atoms with Crippen molar-refractivity contribution in [2.75, 3.05) is 13.1 Å². The second-order valence-corrected chi connectivity index (χ2v) is 6.07. The summed E-state index contributed by atoms with van der Waals surface area (Å²) in [7, 11) is 0. The molecule has 2 heterocycles. The number of carbonyl (C=O) groups excluding carboxylic acids is 1. The number of aromatic nitrogens is 2. The van der Waals surface area contributed by atoms with E-state index in [1.807, 2.05) is 23.1 Å². The molecule has 0 spiro atoms. The van der Waals surface area contributed by atoms with Crippen LogP contribution in [0, 0.1) is 0 Å². The number of halogens is 1. The van der Waals surface area contributed by atoms with Crippen LogP contribution in [0.2, 0.25) is 4.47 Å². The van der Waals surface area contributed by atoms with Crippen LogP contribution in [0.15, 0.2) is 30.3 Å². The fraction of sp³-hybridized carbons (Fsp3) is 0.308. The summed E-state index contributed by atoms with van der Waals surface area (Å²) in [6.07, 6.45) is 0.988. The lowest BCUT2D eigenvalue weighted by atomic mass is 9.99. The van der Waals surface area contributed by atoms with Gasteiger partial charge in [-0.2, -0.15) is 0 Å². The maximum absolute atomic E-state index is 12.2. The van der Waals surface area contributed by atoms with Crippen LogP contribution in [0.1, 0.15) is 27.7 Å². The van der Waals surface area contributed by atoms with Crippen molar-refractivity contribution in [2.24, 2.45) is 0 Å². The zero-order valence-electron chi connectivity index (χ0n) is 10.1. The van der Waals surface area contributed by atoms with Crippen LogP contribution in [0.5, 0.6) is 0 Å². The minimum absolute atomic E-state index is 0.0668. The van der Waals surface area contributed by atoms with E-state index in [0.29, 0.717) is 15.4 Å². The Morgan fingerprint density at radius 3 is 2.79 bits per heavy atom. The van der Waals surface area contributed by atoms with Gasteiger partial charge in [0.1, 0.15) is 0 Å². The number of benzene rings is 1. The van der Waals surface area contributed by atoms with Crippen LogP contribution in [-0.2, 0) is 0 Å². The molecule has 2 aromatic rings. The number of carbonyl (C=O) groups is 1. The molecular weight excluding hydrogens is 282 g/mol. The molecule has 1 aliphatic rings. The molecule has 0 bridgehead atoms. The molecule has 0 aliphatic carbocycles. The van der Waals surface area contributed by atoms with E-state index in [0.717, 1.165) is 30.8 Å². The fourth-order valence-electron chi connectivity index (χ4n) is 2.37. The summed E-state index contributed by atoms with van der Waals surface area (Å²) >= 11 is 6.84. The van der Waals surface area contributed by atoms with Gasteiger partial charge in [0, 0.05) is 19.0 Å². The second-order valence-electron chi connectivity index (χ2n) is 4.51. The smallest absolute Gasteiger partial charge is 0.284 e. The third-order valence-electron chi connectivity index (χ3n) is 3.33. The summed E-state index contributed by atoms with van der Waals surface area (Å²) in [5.41, 5.74) is 1.29. The molecule has 1 aromatic carbocycles. The highest BCUT2D eigenvalue weighted by Gasteiger charge is 2.29. The van der Waals surface area contributed by atoms with Gasteiger partial charge in [0.25, 0.3) is 5.91 Å². The maximum atomic E-state index is 12.2. The maximum Gasteiger partial charge on any atom is 0.284 e. The van der Waals surface area contributed by atoms with E-state index in [-0.39, 0.29) is 5.91 Å². The molecule has 3 rings (SSSR count). The van der Waals surface area contributed by atoms with Gasteiger partial charge in [-0.05, 0) is 23.6 Å². The summed E-state index contributed by atoms with van der Waals surface area (Å²) in [4.78, 5) is 14.0. The highest BCUT2D eigenvalue weighted by atomic mass is 35.5. The first-order chi connectivity index (χ1) is 9.24. The number of likely N-dealkylation sites (tertiary alicyclic amines) is 1. The van der Waals surface area contributed by atoms with Gasteiger partial charge in [0.15, 0.2) is 0 Å². The van der Waals surface area contributed by atoms with Gasteiger partial charge in [-0.15, -0.1) is 10.2 Å². The van der Waals surface area contributed by atoms with Gasteiger partial charge < -0.3 is 4.90 Å². The standard InChI is InChI=1S/C13H12ClN3OS/c14-13-16-15-11(19-13)12(18)17-7-6-10(8-17)9-4-2-1-3-5-9/h1-5,10H,6-8H2. The molecule has 0 N–H and O–H groups in total. The molecule has 1 unspecified atom stereocenters. The van der Waals surface area contributed by atoms with Crippen LogP contribution < -0.4 is 0 Å². The van der Waals surface area contributed by atoms with Gasteiger partial charge in [0.2, 0.25) is 9.47 Å². The Kier molecular flexibility index (Phi) is 3.48. The fourth-order valence-corrected chi connectivity index (χ4v) is 3.17. The van der Waals surface area contributed by atoms with E-state index >= 15 is 0 Å². The first kappa shape index (κ1) is 12.6. The van der Waals surface area contributed by atoms with Crippen molar-refractivity contribution in [3.63, 3.8) is 0 Å². The first-order valence-electron chi connectivity index (χ1n) is 6.07. The summed E-state index contributed by atoms with van der Waals surface area (Å²) in [6, 6.07) is 10.3. The molecule has 1 amide bonds.